The fraction of sp³-hybridized carbons (Fsp3) is 0.417. The summed E-state index contributed by atoms with van der Waals surface area (Å²) in [6.07, 6.45) is 3.69. The molecule has 1 aliphatic carbocycles. The van der Waals surface area contributed by atoms with Gasteiger partial charge in [0.05, 0.1) is 12.0 Å². The lowest BCUT2D eigenvalue weighted by Crippen LogP contribution is -2.12. The summed E-state index contributed by atoms with van der Waals surface area (Å²) in [5, 5.41) is 10.8. The molecule has 0 saturated heterocycles. The maximum atomic E-state index is 5.43. The number of aromatic amines is 1. The summed E-state index contributed by atoms with van der Waals surface area (Å²) >= 11 is 0. The second-order valence-electron chi connectivity index (χ2n) is 4.48. The smallest absolute Gasteiger partial charge is 0.151 e. The Hall–Kier alpha value is -1.71. The van der Waals surface area contributed by atoms with Crippen LogP contribution < -0.4 is 5.32 Å². The molecular weight excluding hydrogens is 202 g/mol. The fourth-order valence-corrected chi connectivity index (χ4v) is 2.22. The van der Waals surface area contributed by atoms with Gasteiger partial charge < -0.3 is 9.73 Å². The first-order valence-corrected chi connectivity index (χ1v) is 5.66. The van der Waals surface area contributed by atoms with Crippen molar-refractivity contribution in [1.29, 1.82) is 0 Å². The van der Waals surface area contributed by atoms with E-state index in [1.807, 2.05) is 6.07 Å². The summed E-state index contributed by atoms with van der Waals surface area (Å²) in [7, 11) is 0. The number of aromatic nitrogens is 2. The van der Waals surface area contributed by atoms with Crippen molar-refractivity contribution in [3.8, 4) is 11.3 Å². The van der Waals surface area contributed by atoms with E-state index in [1.54, 1.807) is 6.26 Å². The second kappa shape index (κ2) is 3.40. The zero-order chi connectivity index (χ0) is 11.1. The van der Waals surface area contributed by atoms with Gasteiger partial charge in [-0.1, -0.05) is 0 Å². The minimum absolute atomic E-state index is 0.401. The number of H-pyrrole nitrogens is 1. The molecule has 4 heteroatoms. The van der Waals surface area contributed by atoms with Crippen LogP contribution in [0, 0.1) is 0 Å². The van der Waals surface area contributed by atoms with Crippen LogP contribution in [0.2, 0.25) is 0 Å². The van der Waals surface area contributed by atoms with Gasteiger partial charge in [-0.3, -0.25) is 5.10 Å². The maximum absolute atomic E-state index is 5.43. The molecule has 2 heterocycles. The molecule has 4 nitrogen and oxygen atoms in total. The largest absolute Gasteiger partial charge is 0.469 e. The molecule has 0 bridgehead atoms. The van der Waals surface area contributed by atoms with E-state index >= 15 is 0 Å². The molecule has 0 spiro atoms. The van der Waals surface area contributed by atoms with Crippen LogP contribution in [0.5, 0.6) is 0 Å². The van der Waals surface area contributed by atoms with Gasteiger partial charge in [0, 0.05) is 23.6 Å². The van der Waals surface area contributed by atoms with Gasteiger partial charge in [-0.2, -0.15) is 5.10 Å². The SMILES string of the molecule is CC(C)Nc1n[nH]c2c1CCc1occc1-2. The van der Waals surface area contributed by atoms with E-state index < -0.39 is 0 Å². The molecule has 0 aliphatic heterocycles. The van der Waals surface area contributed by atoms with E-state index in [0.29, 0.717) is 6.04 Å². The summed E-state index contributed by atoms with van der Waals surface area (Å²) in [5.74, 6) is 2.05. The monoisotopic (exact) mass is 217 g/mol. The molecule has 84 valence electrons. The molecule has 2 aromatic rings. The molecule has 0 atom stereocenters. The van der Waals surface area contributed by atoms with Gasteiger partial charge in [-0.15, -0.1) is 0 Å². The Morgan fingerprint density at radius 2 is 2.31 bits per heavy atom. The number of fused-ring (bicyclic) bond motifs is 3. The van der Waals surface area contributed by atoms with Crippen molar-refractivity contribution in [2.75, 3.05) is 5.32 Å². The molecule has 0 fully saturated rings. The molecule has 3 rings (SSSR count). The van der Waals surface area contributed by atoms with E-state index in [4.69, 9.17) is 4.42 Å². The van der Waals surface area contributed by atoms with E-state index in [1.165, 1.54) is 5.56 Å². The average molecular weight is 217 g/mol. The van der Waals surface area contributed by atoms with Gasteiger partial charge in [0.25, 0.3) is 0 Å². The Balaban J connectivity index is 2.05. The van der Waals surface area contributed by atoms with Crippen molar-refractivity contribution in [3.63, 3.8) is 0 Å². The molecule has 0 saturated carbocycles. The maximum Gasteiger partial charge on any atom is 0.151 e. The van der Waals surface area contributed by atoms with E-state index in [2.05, 4.69) is 29.4 Å². The zero-order valence-corrected chi connectivity index (χ0v) is 9.50. The van der Waals surface area contributed by atoms with E-state index in [-0.39, 0.29) is 0 Å². The number of aryl methyl sites for hydroxylation is 1. The predicted molar refractivity (Wildman–Crippen MR) is 62.5 cm³/mol. The van der Waals surface area contributed by atoms with Gasteiger partial charge >= 0.3 is 0 Å². The number of nitrogens with one attached hydrogen (secondary N) is 2. The number of hydrogen-bond acceptors (Lipinski definition) is 3. The number of nitrogens with zero attached hydrogens (tertiary/aromatic N) is 1. The predicted octanol–water partition coefficient (Wildman–Crippen LogP) is 2.59. The van der Waals surface area contributed by atoms with Crippen molar-refractivity contribution in [2.45, 2.75) is 32.7 Å². The highest BCUT2D eigenvalue weighted by Crippen LogP contribution is 2.35. The normalized spacial score (nSPS) is 13.7. The molecule has 2 aromatic heterocycles. The van der Waals surface area contributed by atoms with Gasteiger partial charge in [0.1, 0.15) is 5.76 Å². The summed E-state index contributed by atoms with van der Waals surface area (Å²) in [6.45, 7) is 4.24. The highest BCUT2D eigenvalue weighted by molar-refractivity contribution is 5.72. The number of rotatable bonds is 2. The average Bonchev–Trinajstić information content (AvgIpc) is 2.82. The van der Waals surface area contributed by atoms with E-state index in [9.17, 15) is 0 Å². The van der Waals surface area contributed by atoms with Gasteiger partial charge in [0.15, 0.2) is 5.82 Å². The number of furan rings is 1. The van der Waals surface area contributed by atoms with Crippen molar-refractivity contribution in [3.05, 3.63) is 23.7 Å². The molecule has 0 radical (unpaired) electrons. The van der Waals surface area contributed by atoms with Gasteiger partial charge in [-0.05, 0) is 26.3 Å². The molecule has 0 unspecified atom stereocenters. The van der Waals surface area contributed by atoms with Crippen LogP contribution in [0.3, 0.4) is 0 Å². The summed E-state index contributed by atoms with van der Waals surface area (Å²) in [6, 6.07) is 2.41. The summed E-state index contributed by atoms with van der Waals surface area (Å²) in [5.41, 5.74) is 3.55. The minimum Gasteiger partial charge on any atom is -0.469 e. The minimum atomic E-state index is 0.401. The van der Waals surface area contributed by atoms with Crippen LogP contribution in [-0.2, 0) is 12.8 Å². The number of hydrogen-bond donors (Lipinski definition) is 2. The van der Waals surface area contributed by atoms with Crippen molar-refractivity contribution < 1.29 is 4.42 Å². The van der Waals surface area contributed by atoms with Crippen molar-refractivity contribution in [2.24, 2.45) is 0 Å². The van der Waals surface area contributed by atoms with Gasteiger partial charge in [-0.25, -0.2) is 0 Å². The lowest BCUT2D eigenvalue weighted by atomic mass is 9.96. The summed E-state index contributed by atoms with van der Waals surface area (Å²) in [4.78, 5) is 0. The lowest BCUT2D eigenvalue weighted by molar-refractivity contribution is 0.507. The van der Waals surface area contributed by atoms with Crippen molar-refractivity contribution in [1.82, 2.24) is 10.2 Å². The molecular formula is C12H15N3O. The topological polar surface area (TPSA) is 53.9 Å². The molecule has 2 N–H and O–H groups in total. The second-order valence-corrected chi connectivity index (χ2v) is 4.48. The van der Waals surface area contributed by atoms with E-state index in [0.717, 1.165) is 35.7 Å². The quantitative estimate of drug-likeness (QED) is 0.813. The zero-order valence-electron chi connectivity index (χ0n) is 9.50. The molecule has 1 aliphatic rings. The highest BCUT2D eigenvalue weighted by Gasteiger charge is 2.23. The molecule has 16 heavy (non-hydrogen) atoms. The highest BCUT2D eigenvalue weighted by atomic mass is 16.3. The molecule has 0 aromatic carbocycles. The fourth-order valence-electron chi connectivity index (χ4n) is 2.22. The molecule has 0 amide bonds. The van der Waals surface area contributed by atoms with Gasteiger partial charge in [0.2, 0.25) is 0 Å². The Bertz CT molecular complexity index is 510. The van der Waals surface area contributed by atoms with Crippen LogP contribution >= 0.6 is 0 Å². The first kappa shape index (κ1) is 9.51. The summed E-state index contributed by atoms with van der Waals surface area (Å²) < 4.78 is 5.43. The Morgan fingerprint density at radius 1 is 1.44 bits per heavy atom. The third-order valence-electron chi connectivity index (χ3n) is 2.91. The number of anilines is 1. The first-order valence-electron chi connectivity index (χ1n) is 5.66. The Kier molecular flexibility index (Phi) is 2.02. The van der Waals surface area contributed by atoms with Crippen LogP contribution in [0.4, 0.5) is 5.82 Å². The van der Waals surface area contributed by atoms with Crippen molar-refractivity contribution >= 4 is 5.82 Å². The first-order chi connectivity index (χ1) is 7.75. The Labute approximate surface area is 94.0 Å². The third-order valence-corrected chi connectivity index (χ3v) is 2.91. The lowest BCUT2D eigenvalue weighted by Gasteiger charge is -2.13. The van der Waals surface area contributed by atoms with Crippen LogP contribution in [0.15, 0.2) is 16.7 Å². The van der Waals surface area contributed by atoms with Crippen LogP contribution in [0.1, 0.15) is 25.2 Å². The van der Waals surface area contributed by atoms with Crippen LogP contribution in [0.25, 0.3) is 11.3 Å². The van der Waals surface area contributed by atoms with Crippen LogP contribution in [-0.4, -0.2) is 16.2 Å². The standard InChI is InChI=1S/C12H15N3O/c1-7(2)13-12-9-3-4-10-8(5-6-16-10)11(9)14-15-12/h5-7H,3-4H2,1-2H3,(H2,13,14,15). The third kappa shape index (κ3) is 1.33. The Morgan fingerprint density at radius 3 is 3.12 bits per heavy atom.